The Morgan fingerprint density at radius 3 is 1.00 bits per heavy atom. The lowest BCUT2D eigenvalue weighted by Crippen LogP contribution is -2.32. The molecule has 0 aromatic carbocycles. The predicted octanol–water partition coefficient (Wildman–Crippen LogP) is 1.92. The third-order valence-electron chi connectivity index (χ3n) is 4.83. The van der Waals surface area contributed by atoms with Gasteiger partial charge in [0.25, 0.3) is 0 Å². The van der Waals surface area contributed by atoms with Crippen molar-refractivity contribution >= 4 is 23.9 Å². The number of rotatable bonds is 4. The Bertz CT molecular complexity index is 434. The highest BCUT2D eigenvalue weighted by Crippen LogP contribution is 2.30. The molecule has 0 bridgehead atoms. The van der Waals surface area contributed by atoms with Crippen molar-refractivity contribution in [2.75, 3.05) is 0 Å². The van der Waals surface area contributed by atoms with Gasteiger partial charge >= 0.3 is 23.9 Å². The Morgan fingerprint density at radius 2 is 0.792 bits per heavy atom. The van der Waals surface area contributed by atoms with E-state index in [0.717, 1.165) is 12.8 Å². The van der Waals surface area contributed by atoms with Crippen molar-refractivity contribution in [3.63, 3.8) is 0 Å². The Balaban J connectivity index is 0.000000240. The first-order valence-corrected chi connectivity index (χ1v) is 8.15. The summed E-state index contributed by atoms with van der Waals surface area (Å²) < 4.78 is 0. The summed E-state index contributed by atoms with van der Waals surface area (Å²) in [7, 11) is 0. The SMILES string of the molecule is O=C(O)C1CCC(C(=O)O)CC1.O=C(O)C1CCCCC1C(=O)O. The molecule has 2 fully saturated rings. The van der Waals surface area contributed by atoms with E-state index in [0.29, 0.717) is 38.5 Å². The van der Waals surface area contributed by atoms with Crippen molar-refractivity contribution in [1.82, 2.24) is 0 Å². The zero-order valence-electron chi connectivity index (χ0n) is 13.4. The Labute approximate surface area is 139 Å². The summed E-state index contributed by atoms with van der Waals surface area (Å²) in [5, 5.41) is 34.6. The van der Waals surface area contributed by atoms with E-state index in [-0.39, 0.29) is 11.8 Å². The molecule has 0 aromatic heterocycles. The van der Waals surface area contributed by atoms with Gasteiger partial charge in [-0.2, -0.15) is 0 Å². The van der Waals surface area contributed by atoms with Crippen LogP contribution in [0.3, 0.4) is 0 Å². The smallest absolute Gasteiger partial charge is 0.307 e. The lowest BCUT2D eigenvalue weighted by Gasteiger charge is -2.24. The van der Waals surface area contributed by atoms with E-state index in [9.17, 15) is 19.2 Å². The second-order valence-corrected chi connectivity index (χ2v) is 6.40. The van der Waals surface area contributed by atoms with E-state index in [1.807, 2.05) is 0 Å². The van der Waals surface area contributed by atoms with Crippen molar-refractivity contribution < 1.29 is 39.6 Å². The Kier molecular flexibility index (Phi) is 7.67. The maximum Gasteiger partial charge on any atom is 0.307 e. The van der Waals surface area contributed by atoms with Crippen LogP contribution in [0.25, 0.3) is 0 Å². The third-order valence-corrected chi connectivity index (χ3v) is 4.83. The normalized spacial score (nSPS) is 29.7. The molecule has 2 atom stereocenters. The van der Waals surface area contributed by atoms with Crippen LogP contribution in [0.2, 0.25) is 0 Å². The molecule has 2 rings (SSSR count). The van der Waals surface area contributed by atoms with Crippen molar-refractivity contribution in [3.05, 3.63) is 0 Å². The molecule has 0 amide bonds. The molecule has 0 aromatic rings. The first-order valence-electron chi connectivity index (χ1n) is 8.15. The zero-order chi connectivity index (χ0) is 18.3. The summed E-state index contributed by atoms with van der Waals surface area (Å²) in [5.74, 6) is -5.50. The monoisotopic (exact) mass is 344 g/mol. The topological polar surface area (TPSA) is 149 Å². The fourth-order valence-corrected chi connectivity index (χ4v) is 3.31. The first kappa shape index (κ1) is 19.9. The average Bonchev–Trinajstić information content (AvgIpc) is 2.55. The highest BCUT2D eigenvalue weighted by molar-refractivity contribution is 5.80. The summed E-state index contributed by atoms with van der Waals surface area (Å²) >= 11 is 0. The van der Waals surface area contributed by atoms with Crippen LogP contribution in [-0.2, 0) is 19.2 Å². The molecule has 2 aliphatic rings. The van der Waals surface area contributed by atoms with Crippen LogP contribution in [0, 0.1) is 23.7 Å². The summed E-state index contributed by atoms with van der Waals surface area (Å²) in [6.07, 6.45) is 4.71. The number of aliphatic carboxylic acids is 4. The van der Waals surface area contributed by atoms with Crippen LogP contribution in [0.15, 0.2) is 0 Å². The number of carbonyl (C=O) groups is 4. The van der Waals surface area contributed by atoms with Crippen molar-refractivity contribution in [3.8, 4) is 0 Å². The van der Waals surface area contributed by atoms with Crippen molar-refractivity contribution in [1.29, 1.82) is 0 Å². The molecule has 136 valence electrons. The second-order valence-electron chi connectivity index (χ2n) is 6.40. The van der Waals surface area contributed by atoms with E-state index < -0.39 is 35.7 Å². The van der Waals surface area contributed by atoms with Gasteiger partial charge in [-0.3, -0.25) is 19.2 Å². The predicted molar refractivity (Wildman–Crippen MR) is 81.4 cm³/mol. The lowest BCUT2D eigenvalue weighted by molar-refractivity contribution is -0.155. The highest BCUT2D eigenvalue weighted by Gasteiger charge is 2.35. The van der Waals surface area contributed by atoms with Gasteiger partial charge in [0.15, 0.2) is 0 Å². The van der Waals surface area contributed by atoms with Gasteiger partial charge in [-0.15, -0.1) is 0 Å². The molecule has 8 heteroatoms. The van der Waals surface area contributed by atoms with Gasteiger partial charge < -0.3 is 20.4 Å². The summed E-state index contributed by atoms with van der Waals surface area (Å²) in [4.78, 5) is 42.2. The molecular weight excluding hydrogens is 320 g/mol. The fraction of sp³-hybridized carbons (Fsp3) is 0.750. The van der Waals surface area contributed by atoms with Gasteiger partial charge in [0.2, 0.25) is 0 Å². The van der Waals surface area contributed by atoms with Gasteiger partial charge in [-0.05, 0) is 38.5 Å². The van der Waals surface area contributed by atoms with Gasteiger partial charge in [0.1, 0.15) is 0 Å². The summed E-state index contributed by atoms with van der Waals surface area (Å²) in [6.45, 7) is 0. The molecule has 0 radical (unpaired) electrons. The van der Waals surface area contributed by atoms with E-state index in [4.69, 9.17) is 20.4 Å². The van der Waals surface area contributed by atoms with Gasteiger partial charge in [0.05, 0.1) is 23.7 Å². The van der Waals surface area contributed by atoms with E-state index in [1.165, 1.54) is 0 Å². The maximum atomic E-state index is 10.6. The summed E-state index contributed by atoms with van der Waals surface area (Å²) in [5.41, 5.74) is 0. The minimum Gasteiger partial charge on any atom is -0.481 e. The first-order chi connectivity index (χ1) is 11.2. The van der Waals surface area contributed by atoms with Gasteiger partial charge in [0, 0.05) is 0 Å². The molecule has 24 heavy (non-hydrogen) atoms. The standard InChI is InChI=1S/2C8H12O4/c9-7(10)5-1-2-6(4-3-5)8(11)12;9-7(10)5-3-1-2-4-6(5)8(11)12/h2*5-6H,1-4H2,(H,9,10)(H,11,12). The third kappa shape index (κ3) is 5.82. The zero-order valence-corrected chi connectivity index (χ0v) is 13.4. The maximum absolute atomic E-state index is 10.6. The number of carboxylic acids is 4. The Hall–Kier alpha value is -2.12. The largest absolute Gasteiger partial charge is 0.481 e. The van der Waals surface area contributed by atoms with Crippen LogP contribution < -0.4 is 0 Å². The molecule has 2 unspecified atom stereocenters. The van der Waals surface area contributed by atoms with Crippen LogP contribution in [0.5, 0.6) is 0 Å². The molecule has 0 heterocycles. The van der Waals surface area contributed by atoms with Crippen molar-refractivity contribution in [2.45, 2.75) is 51.4 Å². The quantitative estimate of drug-likeness (QED) is 0.604. The summed E-state index contributed by atoms with van der Waals surface area (Å²) in [6, 6.07) is 0. The van der Waals surface area contributed by atoms with Crippen molar-refractivity contribution in [2.24, 2.45) is 23.7 Å². The molecule has 0 aliphatic heterocycles. The molecule has 4 N–H and O–H groups in total. The lowest BCUT2D eigenvalue weighted by atomic mass is 9.79. The minimum absolute atomic E-state index is 0.319. The van der Waals surface area contributed by atoms with Crippen LogP contribution in [-0.4, -0.2) is 44.3 Å². The number of carboxylic acid groups (broad SMARTS) is 4. The number of hydrogen-bond donors (Lipinski definition) is 4. The second kappa shape index (κ2) is 9.24. The average molecular weight is 344 g/mol. The minimum atomic E-state index is -0.970. The molecule has 0 spiro atoms. The van der Waals surface area contributed by atoms with Crippen LogP contribution in [0.4, 0.5) is 0 Å². The molecule has 0 saturated heterocycles. The van der Waals surface area contributed by atoms with Gasteiger partial charge in [-0.1, -0.05) is 12.8 Å². The highest BCUT2D eigenvalue weighted by atomic mass is 16.4. The van der Waals surface area contributed by atoms with E-state index >= 15 is 0 Å². The number of hydrogen-bond acceptors (Lipinski definition) is 4. The molecule has 2 aliphatic carbocycles. The molecule has 2 saturated carbocycles. The Morgan fingerprint density at radius 1 is 0.500 bits per heavy atom. The fourth-order valence-electron chi connectivity index (χ4n) is 3.31. The van der Waals surface area contributed by atoms with Crippen LogP contribution in [0.1, 0.15) is 51.4 Å². The van der Waals surface area contributed by atoms with Crippen LogP contribution >= 0.6 is 0 Å². The van der Waals surface area contributed by atoms with Gasteiger partial charge in [-0.25, -0.2) is 0 Å². The molecule has 8 nitrogen and oxygen atoms in total. The molecular formula is C16H24O8. The van der Waals surface area contributed by atoms with E-state index in [2.05, 4.69) is 0 Å². The van der Waals surface area contributed by atoms with E-state index in [1.54, 1.807) is 0 Å².